The number of nitrogens with zero attached hydrogens (tertiary/aromatic N) is 2. The molecule has 6 nitrogen and oxygen atoms in total. The van der Waals surface area contributed by atoms with Gasteiger partial charge in [0.2, 0.25) is 11.3 Å². The molecule has 0 unspecified atom stereocenters. The standard InChI is InChI=1S/C37H22N2O4/c1-23-10-2-7-15-31(23)41-34-29(21-38)30(22-39)35-37(36(34)40-26-19-18-24-11-3-4-12-25(24)20-26)43-33-17-9-6-14-28(33)27-13-5-8-16-32(27)42-35/h2-20H,1H3. The van der Waals surface area contributed by atoms with Gasteiger partial charge in [-0.15, -0.1) is 0 Å². The normalized spacial score (nSPS) is 10.9. The van der Waals surface area contributed by atoms with E-state index in [1.165, 1.54) is 0 Å². The molecule has 0 amide bonds. The first-order valence-electron chi connectivity index (χ1n) is 13.6. The zero-order chi connectivity index (χ0) is 29.3. The molecule has 0 saturated heterocycles. The zero-order valence-corrected chi connectivity index (χ0v) is 23.0. The van der Waals surface area contributed by atoms with Crippen molar-refractivity contribution in [3.05, 3.63) is 132 Å². The number of aryl methyl sites for hydroxylation is 1. The van der Waals surface area contributed by atoms with Crippen molar-refractivity contribution in [1.29, 1.82) is 10.5 Å². The van der Waals surface area contributed by atoms with Gasteiger partial charge in [0.1, 0.15) is 45.9 Å². The maximum Gasteiger partial charge on any atom is 0.217 e. The van der Waals surface area contributed by atoms with Gasteiger partial charge in [-0.1, -0.05) is 84.9 Å². The number of rotatable bonds is 4. The number of nitriles is 2. The molecule has 6 heteroatoms. The zero-order valence-electron chi connectivity index (χ0n) is 23.0. The highest BCUT2D eigenvalue weighted by atomic mass is 16.5. The van der Waals surface area contributed by atoms with Crippen molar-refractivity contribution in [2.24, 2.45) is 0 Å². The van der Waals surface area contributed by atoms with E-state index < -0.39 is 0 Å². The van der Waals surface area contributed by atoms with E-state index >= 15 is 0 Å². The van der Waals surface area contributed by atoms with Gasteiger partial charge >= 0.3 is 0 Å². The minimum Gasteiger partial charge on any atom is -0.452 e. The molecule has 0 bridgehead atoms. The molecule has 7 aromatic rings. The fourth-order valence-electron chi connectivity index (χ4n) is 5.16. The number of fused-ring (bicyclic) bond motifs is 5. The summed E-state index contributed by atoms with van der Waals surface area (Å²) in [6.45, 7) is 1.90. The van der Waals surface area contributed by atoms with E-state index in [4.69, 9.17) is 18.3 Å². The molecule has 0 radical (unpaired) electrons. The summed E-state index contributed by atoms with van der Waals surface area (Å²) in [5.41, 5.74) is 1.99. The number of para-hydroxylation sites is 3. The van der Waals surface area contributed by atoms with Gasteiger partial charge in [0.15, 0.2) is 11.3 Å². The highest BCUT2D eigenvalue weighted by molar-refractivity contribution is 6.03. The molecule has 204 valence electrons. The van der Waals surface area contributed by atoms with Crippen LogP contribution in [0, 0.1) is 29.6 Å². The molecular weight excluding hydrogens is 536 g/mol. The minimum absolute atomic E-state index is 0.0267. The molecule has 0 atom stereocenters. The molecule has 0 N–H and O–H groups in total. The van der Waals surface area contributed by atoms with E-state index in [0.717, 1.165) is 27.1 Å². The van der Waals surface area contributed by atoms with Gasteiger partial charge in [-0.3, -0.25) is 0 Å². The van der Waals surface area contributed by atoms with Crippen LogP contribution in [0.25, 0.3) is 43.9 Å². The lowest BCUT2D eigenvalue weighted by Crippen LogP contribution is -1.99. The van der Waals surface area contributed by atoms with E-state index in [2.05, 4.69) is 12.1 Å². The Morgan fingerprint density at radius 2 is 1.16 bits per heavy atom. The maximum absolute atomic E-state index is 10.5. The van der Waals surface area contributed by atoms with Gasteiger partial charge < -0.3 is 18.3 Å². The summed E-state index contributed by atoms with van der Waals surface area (Å²) in [7, 11) is 0. The lowest BCUT2D eigenvalue weighted by atomic mass is 10.1. The average molecular weight is 559 g/mol. The second kappa shape index (κ2) is 10.6. The number of benzene rings is 6. The Bertz CT molecular complexity index is 2350. The summed E-state index contributed by atoms with van der Waals surface area (Å²) < 4.78 is 26.0. The number of hydrogen-bond acceptors (Lipinski definition) is 6. The first-order chi connectivity index (χ1) is 21.1. The van der Waals surface area contributed by atoms with Gasteiger partial charge in [-0.05, 0) is 53.6 Å². The molecule has 0 aliphatic carbocycles. The Kier molecular flexibility index (Phi) is 6.35. The van der Waals surface area contributed by atoms with Crippen LogP contribution in [0.2, 0.25) is 0 Å². The smallest absolute Gasteiger partial charge is 0.217 e. The molecule has 7 rings (SSSR count). The summed E-state index contributed by atoms with van der Waals surface area (Å²) in [6, 6.07) is 40.4. The summed E-state index contributed by atoms with van der Waals surface area (Å²) in [6.07, 6.45) is 0. The summed E-state index contributed by atoms with van der Waals surface area (Å²) in [5.74, 6) is 1.15. The molecule has 0 saturated carbocycles. The molecule has 0 fully saturated rings. The summed E-state index contributed by atoms with van der Waals surface area (Å²) in [4.78, 5) is 0. The quantitative estimate of drug-likeness (QED) is 0.213. The van der Waals surface area contributed by atoms with Crippen molar-refractivity contribution in [1.82, 2.24) is 0 Å². The minimum atomic E-state index is -0.0322. The van der Waals surface area contributed by atoms with Crippen LogP contribution in [0.4, 0.5) is 0 Å². The second-order valence-corrected chi connectivity index (χ2v) is 9.97. The van der Waals surface area contributed by atoms with Gasteiger partial charge in [-0.2, -0.15) is 10.5 Å². The van der Waals surface area contributed by atoms with Crippen molar-refractivity contribution >= 4 is 43.9 Å². The maximum atomic E-state index is 10.5. The fourth-order valence-corrected chi connectivity index (χ4v) is 5.16. The molecule has 0 aliphatic rings. The van der Waals surface area contributed by atoms with Crippen LogP contribution in [0.1, 0.15) is 16.7 Å². The van der Waals surface area contributed by atoms with Crippen LogP contribution >= 0.6 is 0 Å². The molecule has 43 heavy (non-hydrogen) atoms. The SMILES string of the molecule is Cc1ccccc1Oc1c(C#N)c(C#N)c2oc3ccccc3c3ccccc3oc2c1Oc1ccc2ccccc2c1. The Hall–Kier alpha value is -6.24. The molecule has 1 heterocycles. The Morgan fingerprint density at radius 1 is 0.558 bits per heavy atom. The second-order valence-electron chi connectivity index (χ2n) is 9.97. The van der Waals surface area contributed by atoms with Crippen LogP contribution in [-0.2, 0) is 0 Å². The van der Waals surface area contributed by atoms with Crippen molar-refractivity contribution in [2.75, 3.05) is 0 Å². The predicted molar refractivity (Wildman–Crippen MR) is 166 cm³/mol. The largest absolute Gasteiger partial charge is 0.452 e. The molecule has 0 aliphatic heterocycles. The first-order valence-corrected chi connectivity index (χ1v) is 13.6. The van der Waals surface area contributed by atoms with Crippen LogP contribution < -0.4 is 9.47 Å². The lowest BCUT2D eigenvalue weighted by Gasteiger charge is -2.17. The van der Waals surface area contributed by atoms with E-state index in [1.807, 2.05) is 116 Å². The monoisotopic (exact) mass is 558 g/mol. The van der Waals surface area contributed by atoms with Crippen molar-refractivity contribution in [2.45, 2.75) is 6.92 Å². The third-order valence-corrected chi connectivity index (χ3v) is 7.28. The molecular formula is C37H22N2O4. The lowest BCUT2D eigenvalue weighted by molar-refractivity contribution is 0.412. The van der Waals surface area contributed by atoms with Crippen LogP contribution in [0.3, 0.4) is 0 Å². The molecule has 1 aromatic heterocycles. The summed E-state index contributed by atoms with van der Waals surface area (Å²) in [5, 5.41) is 24.5. The number of ether oxygens (including phenoxy) is 2. The van der Waals surface area contributed by atoms with Crippen LogP contribution in [-0.4, -0.2) is 0 Å². The Balaban J connectivity index is 1.64. The van der Waals surface area contributed by atoms with Gasteiger partial charge in [0.05, 0.1) is 0 Å². The third kappa shape index (κ3) is 4.54. The van der Waals surface area contributed by atoms with Crippen molar-refractivity contribution in [3.8, 4) is 35.1 Å². The van der Waals surface area contributed by atoms with E-state index in [-0.39, 0.29) is 33.8 Å². The Labute approximate surface area is 246 Å². The van der Waals surface area contributed by atoms with Gasteiger partial charge in [0.25, 0.3) is 0 Å². The van der Waals surface area contributed by atoms with E-state index in [0.29, 0.717) is 22.7 Å². The predicted octanol–water partition coefficient (Wildman–Crippen LogP) is 10.2. The third-order valence-electron chi connectivity index (χ3n) is 7.28. The van der Waals surface area contributed by atoms with Crippen molar-refractivity contribution < 1.29 is 18.3 Å². The molecule has 6 aromatic carbocycles. The van der Waals surface area contributed by atoms with Gasteiger partial charge in [-0.25, -0.2) is 0 Å². The van der Waals surface area contributed by atoms with Crippen LogP contribution in [0.5, 0.6) is 23.0 Å². The van der Waals surface area contributed by atoms with E-state index in [9.17, 15) is 10.5 Å². The highest BCUT2D eigenvalue weighted by Crippen LogP contribution is 2.47. The average Bonchev–Trinajstić information content (AvgIpc) is 3.04. The van der Waals surface area contributed by atoms with Crippen LogP contribution in [0.15, 0.2) is 124 Å². The number of hydrogen-bond donors (Lipinski definition) is 0. The highest BCUT2D eigenvalue weighted by Gasteiger charge is 2.27. The van der Waals surface area contributed by atoms with E-state index in [1.54, 1.807) is 6.07 Å². The first kappa shape index (κ1) is 25.7. The van der Waals surface area contributed by atoms with Crippen molar-refractivity contribution in [3.63, 3.8) is 0 Å². The topological polar surface area (TPSA) is 92.3 Å². The van der Waals surface area contributed by atoms with Gasteiger partial charge in [0, 0.05) is 10.8 Å². The molecule has 0 spiro atoms. The summed E-state index contributed by atoms with van der Waals surface area (Å²) >= 11 is 0. The fraction of sp³-hybridized carbons (Fsp3) is 0.0270. The Morgan fingerprint density at radius 3 is 1.86 bits per heavy atom.